The van der Waals surface area contributed by atoms with Crippen LogP contribution in [0.5, 0.6) is 0 Å². The molecule has 0 unspecified atom stereocenters. The number of alkyl halides is 2. The first-order chi connectivity index (χ1) is 9.95. The molecular formula is C15H16Br2Cl2N2. The molecule has 0 N–H and O–H groups in total. The van der Waals surface area contributed by atoms with E-state index in [0.717, 1.165) is 32.3 Å². The summed E-state index contributed by atoms with van der Waals surface area (Å²) in [7, 11) is 1.94. The van der Waals surface area contributed by atoms with Gasteiger partial charge in [0.15, 0.2) is 0 Å². The van der Waals surface area contributed by atoms with Crippen molar-refractivity contribution < 1.29 is 0 Å². The van der Waals surface area contributed by atoms with Gasteiger partial charge in [0.2, 0.25) is 0 Å². The number of halogens is 4. The highest BCUT2D eigenvalue weighted by Gasteiger charge is 2.34. The van der Waals surface area contributed by atoms with E-state index in [1.165, 1.54) is 0 Å². The highest BCUT2D eigenvalue weighted by atomic mass is 79.9. The Hall–Kier alpha value is -0.0300. The Morgan fingerprint density at radius 3 is 2.29 bits per heavy atom. The number of nitrogens with zero attached hydrogens (tertiary/aromatic N) is 2. The van der Waals surface area contributed by atoms with Gasteiger partial charge in [-0.2, -0.15) is 5.10 Å². The summed E-state index contributed by atoms with van der Waals surface area (Å²) in [6.45, 7) is 1.98. The molecule has 0 amide bonds. The predicted octanol–water partition coefficient (Wildman–Crippen LogP) is 5.21. The fourth-order valence-electron chi connectivity index (χ4n) is 2.45. The summed E-state index contributed by atoms with van der Waals surface area (Å²) in [5.74, 6) is 0.881. The lowest BCUT2D eigenvalue weighted by molar-refractivity contribution is 0.507. The number of hydrogen-bond acceptors (Lipinski definition) is 1. The van der Waals surface area contributed by atoms with Crippen LogP contribution in [0.15, 0.2) is 33.2 Å². The number of aryl methyl sites for hydroxylation is 2. The lowest BCUT2D eigenvalue weighted by atomic mass is 9.80. The fourth-order valence-corrected chi connectivity index (χ4v) is 4.40. The molecule has 0 bridgehead atoms. The van der Waals surface area contributed by atoms with E-state index in [1.54, 1.807) is 0 Å². The van der Waals surface area contributed by atoms with Gasteiger partial charge in [0.25, 0.3) is 0 Å². The molecule has 0 atom stereocenters. The third-order valence-corrected chi connectivity index (χ3v) is 6.47. The average Bonchev–Trinajstić information content (AvgIpc) is 2.71. The Morgan fingerprint density at radius 2 is 1.81 bits per heavy atom. The molecule has 0 fully saturated rings. The molecule has 0 aliphatic rings. The smallest absolute Gasteiger partial charge is 0.0738 e. The van der Waals surface area contributed by atoms with Crippen molar-refractivity contribution in [1.82, 2.24) is 9.78 Å². The zero-order valence-corrected chi connectivity index (χ0v) is 16.5. The van der Waals surface area contributed by atoms with Gasteiger partial charge in [-0.15, -0.1) is 23.2 Å². The zero-order chi connectivity index (χ0) is 15.6. The molecule has 1 heterocycles. The van der Waals surface area contributed by atoms with Gasteiger partial charge in [-0.1, -0.05) is 34.1 Å². The lowest BCUT2D eigenvalue weighted by Gasteiger charge is -2.31. The SMILES string of the molecule is Cc1nn(C)c(CC(CCl)(CCl)c2ccccc2Br)c1Br. The molecule has 114 valence electrons. The third-order valence-electron chi connectivity index (χ3n) is 3.72. The van der Waals surface area contributed by atoms with E-state index in [2.05, 4.69) is 43.0 Å². The summed E-state index contributed by atoms with van der Waals surface area (Å²) < 4.78 is 3.95. The van der Waals surface area contributed by atoms with E-state index in [-0.39, 0.29) is 5.41 Å². The maximum absolute atomic E-state index is 6.34. The van der Waals surface area contributed by atoms with Crippen LogP contribution in [-0.2, 0) is 18.9 Å². The molecule has 1 aromatic carbocycles. The fraction of sp³-hybridized carbons (Fsp3) is 0.400. The number of hydrogen-bond donors (Lipinski definition) is 0. The van der Waals surface area contributed by atoms with E-state index < -0.39 is 0 Å². The largest absolute Gasteiger partial charge is 0.271 e. The molecule has 0 radical (unpaired) electrons. The van der Waals surface area contributed by atoms with Gasteiger partial charge in [-0.05, 0) is 34.5 Å². The molecule has 2 rings (SSSR count). The summed E-state index contributed by atoms with van der Waals surface area (Å²) >= 11 is 19.9. The van der Waals surface area contributed by atoms with Crippen LogP contribution in [0.2, 0.25) is 0 Å². The molecule has 6 heteroatoms. The van der Waals surface area contributed by atoms with E-state index in [4.69, 9.17) is 23.2 Å². The Kier molecular flexibility index (Phi) is 5.80. The van der Waals surface area contributed by atoms with Gasteiger partial charge < -0.3 is 0 Å². The first kappa shape index (κ1) is 17.3. The van der Waals surface area contributed by atoms with Crippen molar-refractivity contribution in [3.63, 3.8) is 0 Å². The van der Waals surface area contributed by atoms with Crippen molar-refractivity contribution in [2.45, 2.75) is 18.8 Å². The Bertz CT molecular complexity index is 637. The summed E-state index contributed by atoms with van der Waals surface area (Å²) in [6.07, 6.45) is 0.723. The van der Waals surface area contributed by atoms with E-state index in [9.17, 15) is 0 Å². The summed E-state index contributed by atoms with van der Waals surface area (Å²) in [5.41, 5.74) is 2.86. The second-order valence-corrected chi connectivity index (χ2v) is 7.36. The van der Waals surface area contributed by atoms with Crippen LogP contribution in [0, 0.1) is 6.92 Å². The van der Waals surface area contributed by atoms with Crippen LogP contribution in [0.4, 0.5) is 0 Å². The van der Waals surface area contributed by atoms with Gasteiger partial charge in [-0.25, -0.2) is 0 Å². The van der Waals surface area contributed by atoms with Crippen molar-refractivity contribution in [3.05, 3.63) is 50.2 Å². The van der Waals surface area contributed by atoms with Crippen molar-refractivity contribution in [1.29, 1.82) is 0 Å². The molecule has 2 nitrogen and oxygen atoms in total. The monoisotopic (exact) mass is 452 g/mol. The zero-order valence-electron chi connectivity index (χ0n) is 11.8. The Morgan fingerprint density at radius 1 is 1.19 bits per heavy atom. The van der Waals surface area contributed by atoms with Crippen molar-refractivity contribution in [2.75, 3.05) is 11.8 Å². The van der Waals surface area contributed by atoms with Crippen molar-refractivity contribution in [3.8, 4) is 0 Å². The van der Waals surface area contributed by atoms with E-state index in [0.29, 0.717) is 11.8 Å². The van der Waals surface area contributed by atoms with Crippen LogP contribution < -0.4 is 0 Å². The van der Waals surface area contributed by atoms with E-state index in [1.807, 2.05) is 36.9 Å². The van der Waals surface area contributed by atoms with Gasteiger partial charge in [0.05, 0.1) is 15.9 Å². The third kappa shape index (κ3) is 3.34. The van der Waals surface area contributed by atoms with E-state index >= 15 is 0 Å². The minimum Gasteiger partial charge on any atom is -0.271 e. The standard InChI is InChI=1S/C15H16Br2Cl2N2/c1-10-14(17)13(21(2)20-10)7-15(8-18,9-19)11-5-3-4-6-12(11)16/h3-6H,7-9H2,1-2H3. The molecule has 0 saturated carbocycles. The Labute approximate surface area is 152 Å². The maximum atomic E-state index is 6.34. The van der Waals surface area contributed by atoms with Crippen LogP contribution in [0.1, 0.15) is 17.0 Å². The minimum atomic E-state index is -0.341. The van der Waals surface area contributed by atoms with Crippen molar-refractivity contribution in [2.24, 2.45) is 7.05 Å². The predicted molar refractivity (Wildman–Crippen MR) is 96.6 cm³/mol. The topological polar surface area (TPSA) is 17.8 Å². The molecule has 0 aliphatic heterocycles. The molecule has 0 aliphatic carbocycles. The highest BCUT2D eigenvalue weighted by molar-refractivity contribution is 9.10. The van der Waals surface area contributed by atoms with Gasteiger partial charge in [-0.3, -0.25) is 4.68 Å². The first-order valence-corrected chi connectivity index (χ1v) is 9.15. The summed E-state index contributed by atoms with van der Waals surface area (Å²) in [4.78, 5) is 0. The number of benzene rings is 1. The number of rotatable bonds is 5. The van der Waals surface area contributed by atoms with Crippen LogP contribution in [-0.4, -0.2) is 21.5 Å². The molecule has 21 heavy (non-hydrogen) atoms. The van der Waals surface area contributed by atoms with Crippen LogP contribution in [0.25, 0.3) is 0 Å². The van der Waals surface area contributed by atoms with Gasteiger partial charge >= 0.3 is 0 Å². The first-order valence-electron chi connectivity index (χ1n) is 6.50. The second-order valence-electron chi connectivity index (χ2n) is 5.17. The summed E-state index contributed by atoms with van der Waals surface area (Å²) in [5, 5.41) is 4.45. The average molecular weight is 455 g/mol. The minimum absolute atomic E-state index is 0.341. The van der Waals surface area contributed by atoms with Gasteiger partial charge in [0, 0.05) is 35.1 Å². The number of aromatic nitrogens is 2. The second kappa shape index (κ2) is 7.03. The normalized spacial score (nSPS) is 11.9. The molecule has 0 spiro atoms. The van der Waals surface area contributed by atoms with Crippen LogP contribution in [0.3, 0.4) is 0 Å². The quantitative estimate of drug-likeness (QED) is 0.567. The Balaban J connectivity index is 2.51. The molecular weight excluding hydrogens is 439 g/mol. The van der Waals surface area contributed by atoms with Crippen LogP contribution >= 0.6 is 55.1 Å². The maximum Gasteiger partial charge on any atom is 0.0738 e. The molecule has 0 saturated heterocycles. The van der Waals surface area contributed by atoms with Gasteiger partial charge in [0.1, 0.15) is 0 Å². The lowest BCUT2D eigenvalue weighted by Crippen LogP contribution is -2.34. The highest BCUT2D eigenvalue weighted by Crippen LogP contribution is 2.37. The molecule has 2 aromatic rings. The summed E-state index contributed by atoms with van der Waals surface area (Å²) in [6, 6.07) is 8.10. The molecule has 1 aromatic heterocycles. The van der Waals surface area contributed by atoms with Crippen molar-refractivity contribution >= 4 is 55.1 Å².